The first-order valence-electron chi connectivity index (χ1n) is 12.3. The summed E-state index contributed by atoms with van der Waals surface area (Å²) >= 11 is 0. The number of hydrogen-bond acceptors (Lipinski definition) is 3. The first kappa shape index (κ1) is 30.1. The van der Waals surface area contributed by atoms with Crippen LogP contribution in [0.3, 0.4) is 0 Å². The van der Waals surface area contributed by atoms with Gasteiger partial charge in [0, 0.05) is 0 Å². The van der Waals surface area contributed by atoms with Gasteiger partial charge < -0.3 is 19.8 Å². The topological polar surface area (TPSA) is 112 Å². The van der Waals surface area contributed by atoms with Crippen LogP contribution in [0.2, 0.25) is 0 Å². The highest BCUT2D eigenvalue weighted by molar-refractivity contribution is 5.71. The second-order valence-corrected chi connectivity index (χ2v) is 9.03. The van der Waals surface area contributed by atoms with E-state index in [0.29, 0.717) is 25.8 Å². The fourth-order valence-electron chi connectivity index (χ4n) is 4.39. The van der Waals surface area contributed by atoms with Gasteiger partial charge in [-0.2, -0.15) is 0 Å². The van der Waals surface area contributed by atoms with E-state index in [0.717, 1.165) is 38.5 Å². The molecule has 0 aromatic carbocycles. The lowest BCUT2D eigenvalue weighted by molar-refractivity contribution is -0.935. The molecule has 0 aromatic rings. The fraction of sp³-hybridized carbons (Fsp3) is 0.800. The quantitative estimate of drug-likeness (QED) is 0.134. The Kier molecular flexibility index (Phi) is 15.7. The van der Waals surface area contributed by atoms with Gasteiger partial charge in [-0.05, 0) is 51.4 Å². The molecule has 0 saturated carbocycles. The van der Waals surface area contributed by atoms with Gasteiger partial charge in [-0.15, -0.1) is 0 Å². The summed E-state index contributed by atoms with van der Waals surface area (Å²) in [4.78, 5) is 35.5. The SMILES string of the molecule is CC/C=C/CCCCCC[N+](CC(CC)C(=O)O)(CC(CC)C(=O)O)CC(CC)C(=O)O. The fourth-order valence-corrected chi connectivity index (χ4v) is 4.39. The van der Waals surface area contributed by atoms with E-state index in [9.17, 15) is 29.7 Å². The van der Waals surface area contributed by atoms with Crippen LogP contribution in [0.5, 0.6) is 0 Å². The van der Waals surface area contributed by atoms with Crippen molar-refractivity contribution in [1.82, 2.24) is 0 Å². The number of carboxylic acid groups (broad SMARTS) is 3. The molecule has 0 spiro atoms. The summed E-state index contributed by atoms with van der Waals surface area (Å²) in [6, 6.07) is 0. The third-order valence-electron chi connectivity index (χ3n) is 6.50. The van der Waals surface area contributed by atoms with E-state index in [2.05, 4.69) is 19.1 Å². The van der Waals surface area contributed by atoms with Crippen LogP contribution in [0.4, 0.5) is 0 Å². The van der Waals surface area contributed by atoms with Crippen LogP contribution in [0, 0.1) is 17.8 Å². The van der Waals surface area contributed by atoms with Crippen molar-refractivity contribution in [2.45, 2.75) is 85.5 Å². The summed E-state index contributed by atoms with van der Waals surface area (Å²) in [5.74, 6) is -4.55. The Morgan fingerprint density at radius 3 is 1.41 bits per heavy atom. The van der Waals surface area contributed by atoms with E-state index in [1.807, 2.05) is 20.8 Å². The van der Waals surface area contributed by atoms with Gasteiger partial charge in [-0.25, -0.2) is 0 Å². The summed E-state index contributed by atoms with van der Waals surface area (Å²) in [7, 11) is 0. The highest BCUT2D eigenvalue weighted by Gasteiger charge is 2.40. The van der Waals surface area contributed by atoms with Crippen molar-refractivity contribution in [2.24, 2.45) is 17.8 Å². The van der Waals surface area contributed by atoms with Gasteiger partial charge in [0.15, 0.2) is 0 Å². The van der Waals surface area contributed by atoms with Crippen LogP contribution in [-0.4, -0.2) is 63.9 Å². The summed E-state index contributed by atoms with van der Waals surface area (Å²) in [5.41, 5.74) is 0. The first-order chi connectivity index (χ1) is 15.2. The monoisotopic (exact) mass is 456 g/mol. The van der Waals surface area contributed by atoms with Crippen molar-refractivity contribution < 1.29 is 34.2 Å². The van der Waals surface area contributed by atoms with Crippen LogP contribution < -0.4 is 0 Å². The molecule has 32 heavy (non-hydrogen) atoms. The van der Waals surface area contributed by atoms with Crippen molar-refractivity contribution in [3.63, 3.8) is 0 Å². The molecular formula is C25H46NO6+. The van der Waals surface area contributed by atoms with Crippen LogP contribution in [0.1, 0.15) is 85.5 Å². The molecule has 0 saturated heterocycles. The average Bonchev–Trinajstić information content (AvgIpc) is 2.75. The van der Waals surface area contributed by atoms with Gasteiger partial charge >= 0.3 is 17.9 Å². The molecule has 0 aromatic heterocycles. The lowest BCUT2D eigenvalue weighted by atomic mass is 9.95. The molecule has 0 fully saturated rings. The smallest absolute Gasteiger partial charge is 0.312 e. The molecule has 0 bridgehead atoms. The molecule has 186 valence electrons. The zero-order chi connectivity index (χ0) is 24.6. The van der Waals surface area contributed by atoms with Crippen molar-refractivity contribution in [3.05, 3.63) is 12.2 Å². The van der Waals surface area contributed by atoms with Gasteiger partial charge in [-0.3, -0.25) is 14.4 Å². The third kappa shape index (κ3) is 11.7. The van der Waals surface area contributed by atoms with Gasteiger partial charge in [0.1, 0.15) is 17.8 Å². The summed E-state index contributed by atoms with van der Waals surface area (Å²) in [6.07, 6.45) is 11.7. The molecule has 0 aliphatic carbocycles. The minimum absolute atomic E-state index is 0.246. The van der Waals surface area contributed by atoms with Crippen LogP contribution >= 0.6 is 0 Å². The Balaban J connectivity index is 5.66. The predicted molar refractivity (Wildman–Crippen MR) is 126 cm³/mol. The number of rotatable bonds is 20. The molecular weight excluding hydrogens is 410 g/mol. The van der Waals surface area contributed by atoms with E-state index in [-0.39, 0.29) is 24.1 Å². The standard InChI is InChI=1S/C25H45NO6/c1-5-9-10-11-12-13-14-15-16-26(17-20(6-2)23(27)28,18-21(7-3)24(29)30)19-22(8-4)25(31)32/h9-10,20-22H,5-8,11-19H2,1-4H3,(H2-,27,28,29,30,31,32)/p+1/b10-9+. The number of allylic oxidation sites excluding steroid dienone is 2. The zero-order valence-corrected chi connectivity index (χ0v) is 20.6. The number of nitrogens with zero attached hydrogens (tertiary/aromatic N) is 1. The average molecular weight is 457 g/mol. The Bertz CT molecular complexity index is 529. The number of aliphatic carboxylic acids is 3. The lowest BCUT2D eigenvalue weighted by Gasteiger charge is -2.43. The predicted octanol–water partition coefficient (Wildman–Crippen LogP) is 5.05. The maximum absolute atomic E-state index is 11.8. The maximum Gasteiger partial charge on any atom is 0.312 e. The Hall–Kier alpha value is -1.89. The Morgan fingerprint density at radius 2 is 1.06 bits per heavy atom. The first-order valence-corrected chi connectivity index (χ1v) is 12.3. The van der Waals surface area contributed by atoms with Crippen molar-refractivity contribution in [1.29, 1.82) is 0 Å². The number of carbonyl (C=O) groups is 3. The van der Waals surface area contributed by atoms with Gasteiger partial charge in [0.2, 0.25) is 0 Å². The van der Waals surface area contributed by atoms with Gasteiger partial charge in [0.05, 0.1) is 26.2 Å². The Labute approximate surface area is 194 Å². The number of carboxylic acids is 3. The molecule has 7 heteroatoms. The minimum Gasteiger partial charge on any atom is -0.481 e. The molecule has 0 radical (unpaired) electrons. The Morgan fingerprint density at radius 1 is 0.656 bits per heavy atom. The third-order valence-corrected chi connectivity index (χ3v) is 6.50. The number of quaternary nitrogens is 1. The van der Waals surface area contributed by atoms with E-state index < -0.39 is 35.7 Å². The molecule has 0 amide bonds. The second kappa shape index (κ2) is 16.7. The van der Waals surface area contributed by atoms with Crippen molar-refractivity contribution in [2.75, 3.05) is 26.2 Å². The van der Waals surface area contributed by atoms with E-state index >= 15 is 0 Å². The normalized spacial score (nSPS) is 16.4. The highest BCUT2D eigenvalue weighted by Crippen LogP contribution is 2.25. The molecule has 3 N–H and O–H groups in total. The lowest BCUT2D eigenvalue weighted by Crippen LogP contribution is -2.58. The molecule has 0 aliphatic heterocycles. The molecule has 3 atom stereocenters. The largest absolute Gasteiger partial charge is 0.481 e. The summed E-state index contributed by atoms with van der Waals surface area (Å²) < 4.78 is 0.246. The van der Waals surface area contributed by atoms with E-state index in [4.69, 9.17) is 0 Å². The highest BCUT2D eigenvalue weighted by atomic mass is 16.4. The van der Waals surface area contributed by atoms with Gasteiger partial charge in [-0.1, -0.05) is 46.3 Å². The van der Waals surface area contributed by atoms with Crippen molar-refractivity contribution in [3.8, 4) is 0 Å². The molecule has 0 heterocycles. The zero-order valence-electron chi connectivity index (χ0n) is 20.6. The molecule has 7 nitrogen and oxygen atoms in total. The molecule has 0 aliphatic rings. The number of hydrogen-bond donors (Lipinski definition) is 3. The van der Waals surface area contributed by atoms with Crippen LogP contribution in [-0.2, 0) is 14.4 Å². The van der Waals surface area contributed by atoms with Crippen molar-refractivity contribution >= 4 is 17.9 Å². The molecule has 0 rings (SSSR count). The summed E-state index contributed by atoms with van der Waals surface area (Å²) in [5, 5.41) is 29.1. The summed E-state index contributed by atoms with van der Waals surface area (Å²) in [6.45, 7) is 9.01. The van der Waals surface area contributed by atoms with Crippen LogP contribution in [0.15, 0.2) is 12.2 Å². The minimum atomic E-state index is -0.899. The number of unbranched alkanes of at least 4 members (excludes halogenated alkanes) is 4. The van der Waals surface area contributed by atoms with Crippen LogP contribution in [0.25, 0.3) is 0 Å². The molecule has 3 unspecified atom stereocenters. The maximum atomic E-state index is 11.8. The van der Waals surface area contributed by atoms with E-state index in [1.54, 1.807) is 0 Å². The van der Waals surface area contributed by atoms with E-state index in [1.165, 1.54) is 0 Å². The second-order valence-electron chi connectivity index (χ2n) is 9.03. The van der Waals surface area contributed by atoms with Gasteiger partial charge in [0.25, 0.3) is 0 Å².